The van der Waals surface area contributed by atoms with Gasteiger partial charge in [0.05, 0.1) is 5.41 Å². The Bertz CT molecular complexity index is 521. The fourth-order valence-electron chi connectivity index (χ4n) is 6.17. The summed E-state index contributed by atoms with van der Waals surface area (Å²) in [5.41, 5.74) is -0.112. The second-order valence-corrected chi connectivity index (χ2v) is 10.2. The molecule has 0 spiro atoms. The van der Waals surface area contributed by atoms with E-state index in [-0.39, 0.29) is 15.6 Å². The zero-order chi connectivity index (χ0) is 16.2. The van der Waals surface area contributed by atoms with E-state index < -0.39 is 0 Å². The molecule has 2 amide bonds. The number of halogens is 1. The van der Waals surface area contributed by atoms with Crippen molar-refractivity contribution in [3.05, 3.63) is 0 Å². The van der Waals surface area contributed by atoms with Crippen LogP contribution in [0.5, 0.6) is 0 Å². The lowest BCUT2D eigenvalue weighted by Crippen LogP contribution is -2.59. The highest BCUT2D eigenvalue weighted by molar-refractivity contribution is 9.10. The van der Waals surface area contributed by atoms with Crippen LogP contribution in [0.2, 0.25) is 0 Å². The molecule has 2 unspecified atom stereocenters. The molecule has 4 nitrogen and oxygen atoms in total. The van der Waals surface area contributed by atoms with Crippen LogP contribution in [0.15, 0.2) is 0 Å². The zero-order valence-electron chi connectivity index (χ0n) is 14.0. The van der Waals surface area contributed by atoms with Crippen LogP contribution in [0.25, 0.3) is 0 Å². The number of carbonyl (C=O) groups excluding carboxylic acids is 2. The largest absolute Gasteiger partial charge is 0.341 e. The summed E-state index contributed by atoms with van der Waals surface area (Å²) in [6.45, 7) is 4.65. The lowest BCUT2D eigenvalue weighted by Gasteiger charge is -2.60. The van der Waals surface area contributed by atoms with Crippen LogP contribution in [-0.4, -0.2) is 52.1 Å². The smallest absolute Gasteiger partial charge is 0.228 e. The van der Waals surface area contributed by atoms with Gasteiger partial charge in [-0.3, -0.25) is 9.59 Å². The Labute approximate surface area is 147 Å². The van der Waals surface area contributed by atoms with Crippen LogP contribution in [0.4, 0.5) is 0 Å². The second kappa shape index (κ2) is 5.47. The number of amides is 2. The van der Waals surface area contributed by atoms with Crippen molar-refractivity contribution < 1.29 is 9.59 Å². The SMILES string of the molecule is CC(=O)N1CCCN(C(=O)C23CC4CC(CC(Br)(C4)C2)C3)CC1. The van der Waals surface area contributed by atoms with Crippen molar-refractivity contribution in [2.45, 2.75) is 56.2 Å². The minimum absolute atomic E-state index is 0.112. The van der Waals surface area contributed by atoms with Gasteiger partial charge in [-0.1, -0.05) is 15.9 Å². The number of alkyl halides is 1. The molecule has 0 aromatic heterocycles. The summed E-state index contributed by atoms with van der Waals surface area (Å²) < 4.78 is 0.226. The van der Waals surface area contributed by atoms with Crippen LogP contribution in [0, 0.1) is 17.3 Å². The van der Waals surface area contributed by atoms with E-state index in [0.717, 1.165) is 50.6 Å². The van der Waals surface area contributed by atoms with Crippen LogP contribution in [-0.2, 0) is 9.59 Å². The molecular weight excluding hydrogens is 356 g/mol. The summed E-state index contributed by atoms with van der Waals surface area (Å²) in [6.07, 6.45) is 7.99. The van der Waals surface area contributed by atoms with Gasteiger partial charge in [-0.25, -0.2) is 0 Å². The molecule has 5 heteroatoms. The van der Waals surface area contributed by atoms with Gasteiger partial charge < -0.3 is 9.80 Å². The van der Waals surface area contributed by atoms with E-state index in [1.807, 2.05) is 4.90 Å². The van der Waals surface area contributed by atoms with Crippen LogP contribution < -0.4 is 0 Å². The maximum absolute atomic E-state index is 13.4. The lowest BCUT2D eigenvalue weighted by molar-refractivity contribution is -0.155. The minimum Gasteiger partial charge on any atom is -0.341 e. The molecule has 0 radical (unpaired) electrons. The molecule has 1 aliphatic heterocycles. The topological polar surface area (TPSA) is 40.6 Å². The summed E-state index contributed by atoms with van der Waals surface area (Å²) in [6, 6.07) is 0. The first kappa shape index (κ1) is 15.9. The summed E-state index contributed by atoms with van der Waals surface area (Å²) >= 11 is 4.01. The normalized spacial score (nSPS) is 42.7. The summed E-state index contributed by atoms with van der Waals surface area (Å²) in [5, 5.41) is 0. The Morgan fingerprint density at radius 3 is 2.17 bits per heavy atom. The van der Waals surface area contributed by atoms with Gasteiger partial charge in [0.25, 0.3) is 0 Å². The number of carbonyl (C=O) groups is 2. The molecule has 2 atom stereocenters. The van der Waals surface area contributed by atoms with Gasteiger partial charge in [-0.2, -0.15) is 0 Å². The van der Waals surface area contributed by atoms with Crippen LogP contribution in [0.3, 0.4) is 0 Å². The van der Waals surface area contributed by atoms with Crippen molar-refractivity contribution in [1.82, 2.24) is 9.80 Å². The Kier molecular flexibility index (Phi) is 3.78. The third kappa shape index (κ3) is 2.73. The molecule has 5 aliphatic rings. The second-order valence-electron chi connectivity index (χ2n) is 8.54. The van der Waals surface area contributed by atoms with E-state index in [1.54, 1.807) is 6.92 Å². The standard InChI is InChI=1S/C18H27BrN2O2/c1-13(22)20-3-2-4-21(6-5-20)16(23)17-8-14-7-15(9-17)11-18(19,10-14)12-17/h14-15H,2-12H2,1H3. The molecule has 5 rings (SSSR count). The van der Waals surface area contributed by atoms with Crippen molar-refractivity contribution in [1.29, 1.82) is 0 Å². The van der Waals surface area contributed by atoms with Crippen molar-refractivity contribution in [3.63, 3.8) is 0 Å². The highest BCUT2D eigenvalue weighted by Gasteiger charge is 2.60. The Morgan fingerprint density at radius 2 is 1.57 bits per heavy atom. The fraction of sp³-hybridized carbons (Fsp3) is 0.889. The first-order valence-electron chi connectivity index (χ1n) is 9.13. The van der Waals surface area contributed by atoms with E-state index in [9.17, 15) is 9.59 Å². The fourth-order valence-corrected chi connectivity index (χ4v) is 7.62. The number of rotatable bonds is 1. The molecule has 4 saturated carbocycles. The molecule has 4 aliphatic carbocycles. The molecule has 1 heterocycles. The Morgan fingerprint density at radius 1 is 0.957 bits per heavy atom. The van der Waals surface area contributed by atoms with Gasteiger partial charge in [-0.15, -0.1) is 0 Å². The van der Waals surface area contributed by atoms with Crippen molar-refractivity contribution in [2.75, 3.05) is 26.2 Å². The summed E-state index contributed by atoms with van der Waals surface area (Å²) in [5.74, 6) is 2.00. The Balaban J connectivity index is 1.51. The molecule has 4 bridgehead atoms. The molecular formula is C18H27BrN2O2. The first-order valence-corrected chi connectivity index (χ1v) is 9.92. The molecule has 0 aromatic rings. The summed E-state index contributed by atoms with van der Waals surface area (Å²) in [7, 11) is 0. The van der Waals surface area contributed by atoms with Gasteiger partial charge in [0.15, 0.2) is 0 Å². The minimum atomic E-state index is -0.112. The van der Waals surface area contributed by atoms with Crippen molar-refractivity contribution in [2.24, 2.45) is 17.3 Å². The first-order chi connectivity index (χ1) is 10.9. The molecule has 0 aromatic carbocycles. The van der Waals surface area contributed by atoms with Gasteiger partial charge in [0, 0.05) is 37.4 Å². The van der Waals surface area contributed by atoms with Gasteiger partial charge in [0.1, 0.15) is 0 Å². The van der Waals surface area contributed by atoms with E-state index >= 15 is 0 Å². The third-order valence-electron chi connectivity index (χ3n) is 6.67. The third-order valence-corrected chi connectivity index (χ3v) is 7.60. The summed E-state index contributed by atoms with van der Waals surface area (Å²) in [4.78, 5) is 29.0. The molecule has 128 valence electrons. The van der Waals surface area contributed by atoms with Gasteiger partial charge >= 0.3 is 0 Å². The highest BCUT2D eigenvalue weighted by atomic mass is 79.9. The van der Waals surface area contributed by atoms with E-state index in [1.165, 1.54) is 19.3 Å². The van der Waals surface area contributed by atoms with E-state index in [0.29, 0.717) is 19.0 Å². The number of hydrogen-bond donors (Lipinski definition) is 0. The van der Waals surface area contributed by atoms with Crippen LogP contribution in [0.1, 0.15) is 51.9 Å². The van der Waals surface area contributed by atoms with Crippen molar-refractivity contribution >= 4 is 27.7 Å². The maximum atomic E-state index is 13.4. The monoisotopic (exact) mass is 382 g/mol. The number of nitrogens with zero attached hydrogens (tertiary/aromatic N) is 2. The quantitative estimate of drug-likeness (QED) is 0.654. The average Bonchev–Trinajstić information content (AvgIpc) is 2.69. The molecule has 1 saturated heterocycles. The number of hydrogen-bond acceptors (Lipinski definition) is 2. The highest BCUT2D eigenvalue weighted by Crippen LogP contribution is 2.64. The van der Waals surface area contributed by atoms with Crippen molar-refractivity contribution in [3.8, 4) is 0 Å². The van der Waals surface area contributed by atoms with Gasteiger partial charge in [-0.05, 0) is 56.8 Å². The van der Waals surface area contributed by atoms with E-state index in [4.69, 9.17) is 0 Å². The zero-order valence-corrected chi connectivity index (χ0v) is 15.6. The molecule has 5 fully saturated rings. The van der Waals surface area contributed by atoms with E-state index in [2.05, 4.69) is 20.8 Å². The molecule has 0 N–H and O–H groups in total. The van der Waals surface area contributed by atoms with Gasteiger partial charge in [0.2, 0.25) is 11.8 Å². The molecule has 23 heavy (non-hydrogen) atoms. The predicted octanol–water partition coefficient (Wildman–Crippen LogP) is 2.80. The van der Waals surface area contributed by atoms with Crippen LogP contribution >= 0.6 is 15.9 Å². The lowest BCUT2D eigenvalue weighted by atomic mass is 9.49. The maximum Gasteiger partial charge on any atom is 0.228 e. The Hall–Kier alpha value is -0.580. The average molecular weight is 383 g/mol. The predicted molar refractivity (Wildman–Crippen MR) is 92.2 cm³/mol.